The quantitative estimate of drug-likeness (QED) is 0.812. The first kappa shape index (κ1) is 19.5. The number of amides is 1. The lowest BCUT2D eigenvalue weighted by Crippen LogP contribution is -2.51. The van der Waals surface area contributed by atoms with Crippen molar-refractivity contribution < 1.29 is 4.79 Å². The molecule has 3 fully saturated rings. The van der Waals surface area contributed by atoms with Gasteiger partial charge in [-0.3, -0.25) is 14.3 Å². The van der Waals surface area contributed by atoms with Gasteiger partial charge in [0.15, 0.2) is 0 Å². The number of nitrogens with zero attached hydrogens (tertiary/aromatic N) is 6. The fourth-order valence-electron chi connectivity index (χ4n) is 5.03. The fraction of sp³-hybridized carbons (Fsp3) is 0.591. The van der Waals surface area contributed by atoms with Crippen molar-refractivity contribution in [1.29, 1.82) is 0 Å². The molecule has 3 atom stereocenters. The van der Waals surface area contributed by atoms with Gasteiger partial charge in [-0.05, 0) is 30.9 Å². The van der Waals surface area contributed by atoms with Crippen LogP contribution in [0.1, 0.15) is 19.8 Å². The van der Waals surface area contributed by atoms with Gasteiger partial charge < -0.3 is 15.1 Å². The Labute approximate surface area is 177 Å². The molecule has 1 unspecified atom stereocenters. The molecule has 5 heterocycles. The van der Waals surface area contributed by atoms with E-state index in [0.717, 1.165) is 70.4 Å². The van der Waals surface area contributed by atoms with E-state index in [1.54, 1.807) is 0 Å². The topological polar surface area (TPSA) is 69.5 Å². The van der Waals surface area contributed by atoms with Crippen LogP contribution in [-0.4, -0.2) is 88.1 Å². The van der Waals surface area contributed by atoms with Crippen molar-refractivity contribution in [3.05, 3.63) is 36.8 Å². The second-order valence-corrected chi connectivity index (χ2v) is 8.84. The number of pyridine rings is 1. The highest BCUT2D eigenvalue weighted by Crippen LogP contribution is 2.23. The lowest BCUT2D eigenvalue weighted by atomic mass is 10.1. The average Bonchev–Trinajstić information content (AvgIpc) is 3.54. The van der Waals surface area contributed by atoms with Gasteiger partial charge in [0.05, 0.1) is 6.04 Å². The minimum Gasteiger partial charge on any atom is -0.341 e. The number of likely N-dealkylation sites (tertiary alicyclic amines) is 1. The van der Waals surface area contributed by atoms with Gasteiger partial charge in [-0.1, -0.05) is 13.0 Å². The molecule has 1 N–H and O–H groups in total. The van der Waals surface area contributed by atoms with Crippen molar-refractivity contribution in [2.75, 3.05) is 50.7 Å². The van der Waals surface area contributed by atoms with Gasteiger partial charge in [0.2, 0.25) is 11.9 Å². The SMILES string of the molecule is CC1CCN(C(=O)[C@@H]2C[C@H](N3CCN(c4nccn4-c4ccccn4)CC3)CN2)C1. The molecular formula is C22H31N7O. The molecule has 0 aliphatic carbocycles. The number of hydrogen-bond acceptors (Lipinski definition) is 6. The van der Waals surface area contributed by atoms with Crippen LogP contribution in [-0.2, 0) is 4.79 Å². The molecule has 3 aliphatic heterocycles. The predicted octanol–water partition coefficient (Wildman–Crippen LogP) is 0.988. The summed E-state index contributed by atoms with van der Waals surface area (Å²) in [5.74, 6) is 2.79. The fourth-order valence-corrected chi connectivity index (χ4v) is 5.03. The number of hydrogen-bond donors (Lipinski definition) is 1. The molecule has 2 aromatic heterocycles. The summed E-state index contributed by atoms with van der Waals surface area (Å²) in [6, 6.07) is 6.36. The third kappa shape index (κ3) is 3.81. The first-order valence-electron chi connectivity index (χ1n) is 11.1. The third-order valence-electron chi connectivity index (χ3n) is 6.77. The molecule has 0 bridgehead atoms. The van der Waals surface area contributed by atoms with Crippen molar-refractivity contribution >= 4 is 11.9 Å². The number of anilines is 1. The van der Waals surface area contributed by atoms with Gasteiger partial charge in [-0.25, -0.2) is 9.97 Å². The lowest BCUT2D eigenvalue weighted by molar-refractivity contribution is -0.132. The van der Waals surface area contributed by atoms with E-state index in [1.807, 2.05) is 36.8 Å². The summed E-state index contributed by atoms with van der Waals surface area (Å²) in [5, 5.41) is 3.49. The molecule has 8 nitrogen and oxygen atoms in total. The maximum atomic E-state index is 12.8. The van der Waals surface area contributed by atoms with Crippen LogP contribution in [0.5, 0.6) is 0 Å². The van der Waals surface area contributed by atoms with Crippen LogP contribution >= 0.6 is 0 Å². The number of nitrogens with one attached hydrogen (secondary N) is 1. The van der Waals surface area contributed by atoms with E-state index in [9.17, 15) is 4.79 Å². The Morgan fingerprint density at radius 2 is 1.97 bits per heavy atom. The Balaban J connectivity index is 1.17. The molecule has 2 aromatic rings. The van der Waals surface area contributed by atoms with E-state index < -0.39 is 0 Å². The van der Waals surface area contributed by atoms with Crippen molar-refractivity contribution in [3.8, 4) is 5.82 Å². The predicted molar refractivity (Wildman–Crippen MR) is 116 cm³/mol. The maximum absolute atomic E-state index is 12.8. The molecule has 30 heavy (non-hydrogen) atoms. The summed E-state index contributed by atoms with van der Waals surface area (Å²) in [5.41, 5.74) is 0. The highest BCUT2D eigenvalue weighted by atomic mass is 16.2. The van der Waals surface area contributed by atoms with E-state index >= 15 is 0 Å². The summed E-state index contributed by atoms with van der Waals surface area (Å²) in [6.45, 7) is 8.82. The normalized spacial score (nSPS) is 27.7. The zero-order valence-electron chi connectivity index (χ0n) is 17.7. The van der Waals surface area contributed by atoms with Crippen LogP contribution in [0.2, 0.25) is 0 Å². The minimum absolute atomic E-state index is 0.0126. The molecule has 0 aromatic carbocycles. The number of carbonyl (C=O) groups excluding carboxylic acids is 1. The van der Waals surface area contributed by atoms with Crippen molar-refractivity contribution in [1.82, 2.24) is 29.7 Å². The molecule has 1 amide bonds. The van der Waals surface area contributed by atoms with Crippen LogP contribution in [0.15, 0.2) is 36.8 Å². The first-order chi connectivity index (χ1) is 14.7. The minimum atomic E-state index is -0.0126. The molecule has 0 radical (unpaired) electrons. The maximum Gasteiger partial charge on any atom is 0.239 e. The molecule has 0 saturated carbocycles. The Morgan fingerprint density at radius 1 is 1.10 bits per heavy atom. The largest absolute Gasteiger partial charge is 0.341 e. The van der Waals surface area contributed by atoms with E-state index in [4.69, 9.17) is 0 Å². The van der Waals surface area contributed by atoms with Crippen LogP contribution in [0.3, 0.4) is 0 Å². The monoisotopic (exact) mass is 409 g/mol. The Hall–Kier alpha value is -2.45. The molecule has 0 spiro atoms. The zero-order chi connectivity index (χ0) is 20.5. The summed E-state index contributed by atoms with van der Waals surface area (Å²) in [4.78, 5) is 28.8. The molecule has 160 valence electrons. The Morgan fingerprint density at radius 3 is 2.70 bits per heavy atom. The molecule has 5 rings (SSSR count). The number of carbonyl (C=O) groups is 1. The van der Waals surface area contributed by atoms with Crippen molar-refractivity contribution in [2.45, 2.75) is 31.8 Å². The van der Waals surface area contributed by atoms with Crippen LogP contribution in [0.25, 0.3) is 5.82 Å². The summed E-state index contributed by atoms with van der Waals surface area (Å²) in [6.07, 6.45) is 7.68. The molecule has 8 heteroatoms. The Kier molecular flexibility index (Phi) is 5.43. The lowest BCUT2D eigenvalue weighted by Gasteiger charge is -2.38. The number of aromatic nitrogens is 3. The van der Waals surface area contributed by atoms with E-state index in [2.05, 4.69) is 41.5 Å². The highest BCUT2D eigenvalue weighted by Gasteiger charge is 2.37. The van der Waals surface area contributed by atoms with Gasteiger partial charge in [0, 0.05) is 70.4 Å². The molecule has 3 saturated heterocycles. The smallest absolute Gasteiger partial charge is 0.239 e. The van der Waals surface area contributed by atoms with Crippen molar-refractivity contribution in [2.24, 2.45) is 5.92 Å². The summed E-state index contributed by atoms with van der Waals surface area (Å²) in [7, 11) is 0. The van der Waals surface area contributed by atoms with E-state index in [1.165, 1.54) is 0 Å². The zero-order valence-corrected chi connectivity index (χ0v) is 17.7. The summed E-state index contributed by atoms with van der Waals surface area (Å²) >= 11 is 0. The first-order valence-corrected chi connectivity index (χ1v) is 11.1. The van der Waals surface area contributed by atoms with Crippen LogP contribution < -0.4 is 10.2 Å². The van der Waals surface area contributed by atoms with Gasteiger partial charge in [-0.2, -0.15) is 0 Å². The second-order valence-electron chi connectivity index (χ2n) is 8.84. The Bertz CT molecular complexity index is 861. The molecule has 3 aliphatic rings. The number of piperazine rings is 1. The van der Waals surface area contributed by atoms with Crippen molar-refractivity contribution in [3.63, 3.8) is 0 Å². The third-order valence-corrected chi connectivity index (χ3v) is 6.77. The van der Waals surface area contributed by atoms with Gasteiger partial charge >= 0.3 is 0 Å². The standard InChI is InChI=1S/C22H31N7O/c1-17-5-8-28(16-17)21(30)19-14-18(15-25-19)26-10-12-27(13-11-26)22-24-7-9-29(22)20-4-2-3-6-23-20/h2-4,6-7,9,17-19,25H,5,8,10-16H2,1H3/t17?,18-,19-/m0/s1. The summed E-state index contributed by atoms with van der Waals surface area (Å²) < 4.78 is 2.05. The van der Waals surface area contributed by atoms with E-state index in [0.29, 0.717) is 17.9 Å². The van der Waals surface area contributed by atoms with Gasteiger partial charge in [0.1, 0.15) is 5.82 Å². The van der Waals surface area contributed by atoms with E-state index in [-0.39, 0.29) is 6.04 Å². The van der Waals surface area contributed by atoms with Crippen LogP contribution in [0.4, 0.5) is 5.95 Å². The number of imidazole rings is 1. The average molecular weight is 410 g/mol. The van der Waals surface area contributed by atoms with Gasteiger partial charge in [0.25, 0.3) is 0 Å². The second kappa shape index (κ2) is 8.35. The highest BCUT2D eigenvalue weighted by molar-refractivity contribution is 5.82. The van der Waals surface area contributed by atoms with Gasteiger partial charge in [-0.15, -0.1) is 0 Å². The molecular weight excluding hydrogens is 378 g/mol. The van der Waals surface area contributed by atoms with Crippen LogP contribution in [0, 0.1) is 5.92 Å². The number of rotatable bonds is 4.